The highest BCUT2D eigenvalue weighted by atomic mass is 19.1. The minimum Gasteiger partial charge on any atom is -0.443 e. The van der Waals surface area contributed by atoms with Gasteiger partial charge in [-0.05, 0) is 81.2 Å². The van der Waals surface area contributed by atoms with E-state index >= 15 is 4.39 Å². The van der Waals surface area contributed by atoms with Crippen molar-refractivity contribution in [1.82, 2.24) is 4.90 Å². The Morgan fingerprint density at radius 1 is 1.02 bits per heavy atom. The van der Waals surface area contributed by atoms with Crippen molar-refractivity contribution in [2.75, 3.05) is 4.90 Å². The van der Waals surface area contributed by atoms with Gasteiger partial charge in [0.2, 0.25) is 5.78 Å². The number of rotatable bonds is 2. The summed E-state index contributed by atoms with van der Waals surface area (Å²) in [5.74, 6) is 2.75. The Hall–Kier alpha value is -4.07. The molecule has 0 aliphatic carbocycles. The number of ketones is 1. The number of amides is 2. The van der Waals surface area contributed by atoms with E-state index in [-0.39, 0.29) is 5.56 Å². The Balaban J connectivity index is 1.80. The van der Waals surface area contributed by atoms with E-state index in [9.17, 15) is 19.2 Å². The first-order chi connectivity index (χ1) is 20.0. The smallest absolute Gasteiger partial charge is 0.443 e. The van der Waals surface area contributed by atoms with E-state index in [0.29, 0.717) is 16.8 Å². The fourth-order valence-electron chi connectivity index (χ4n) is 5.69. The molecule has 10 nitrogen and oxygen atoms in total. The number of hydrogen-bond acceptors (Lipinski definition) is 8. The van der Waals surface area contributed by atoms with Crippen molar-refractivity contribution >= 4 is 29.8 Å². The molecule has 11 heteroatoms. The molecule has 0 aromatic heterocycles. The molecular weight excluding hydrogens is 571 g/mol. The number of ether oxygens (including phenoxy) is 4. The Labute approximate surface area is 257 Å². The van der Waals surface area contributed by atoms with Crippen LogP contribution in [0.5, 0.6) is 0 Å². The molecule has 3 aliphatic rings. The summed E-state index contributed by atoms with van der Waals surface area (Å²) in [7, 11) is 0. The zero-order valence-corrected chi connectivity index (χ0v) is 27.4. The lowest BCUT2D eigenvalue weighted by atomic mass is 9.81. The van der Waals surface area contributed by atoms with Gasteiger partial charge in [-0.15, -0.1) is 0 Å². The zero-order chi connectivity index (χ0) is 33.3. The summed E-state index contributed by atoms with van der Waals surface area (Å²) in [5.41, 5.74) is -2.68. The summed E-state index contributed by atoms with van der Waals surface area (Å²) in [6, 6.07) is 1.22. The van der Waals surface area contributed by atoms with Crippen molar-refractivity contribution in [3.63, 3.8) is 0 Å². The minimum absolute atomic E-state index is 0.127. The van der Waals surface area contributed by atoms with Gasteiger partial charge < -0.3 is 18.9 Å². The quantitative estimate of drug-likeness (QED) is 0.202. The van der Waals surface area contributed by atoms with Gasteiger partial charge in [0.25, 0.3) is 0 Å². The second-order valence-electron chi connectivity index (χ2n) is 14.2. The third kappa shape index (κ3) is 5.62. The van der Waals surface area contributed by atoms with Crippen molar-refractivity contribution in [1.29, 1.82) is 0 Å². The third-order valence-electron chi connectivity index (χ3n) is 8.17. The number of anilines is 1. The Morgan fingerprint density at radius 2 is 1.61 bits per heavy atom. The van der Waals surface area contributed by atoms with Crippen LogP contribution >= 0.6 is 0 Å². The summed E-state index contributed by atoms with van der Waals surface area (Å²) in [6.45, 7) is 20.3. The molecule has 0 N–H and O–H groups in total. The van der Waals surface area contributed by atoms with Gasteiger partial charge in [-0.1, -0.05) is 25.3 Å². The van der Waals surface area contributed by atoms with Crippen LogP contribution in [0.2, 0.25) is 0 Å². The lowest BCUT2D eigenvalue weighted by molar-refractivity contribution is -0.124. The Bertz CT molecular complexity index is 1540. The van der Waals surface area contributed by atoms with Crippen LogP contribution in [-0.2, 0) is 29.3 Å². The molecule has 4 unspecified atom stereocenters. The van der Waals surface area contributed by atoms with Crippen molar-refractivity contribution in [2.45, 2.75) is 118 Å². The van der Waals surface area contributed by atoms with Gasteiger partial charge in [0.05, 0.1) is 11.3 Å². The number of halogens is 1. The first-order valence-electron chi connectivity index (χ1n) is 14.6. The lowest BCUT2D eigenvalue weighted by Crippen LogP contribution is -2.54. The normalized spacial score (nSPS) is 25.3. The molecule has 4 rings (SSSR count). The zero-order valence-electron chi connectivity index (χ0n) is 27.4. The maximum atomic E-state index is 15.9. The SMILES string of the molecule is CC1=CN(C(=O)OC(C)(C)C)C(C)(C(=O)C#Cc2c(F)cc3c4c2C(C)C(OC(=O)OC(C)(C)C)N4C(=O)OC3(C)C)C1C. The van der Waals surface area contributed by atoms with Crippen LogP contribution in [0.1, 0.15) is 106 Å². The van der Waals surface area contributed by atoms with Gasteiger partial charge >= 0.3 is 18.3 Å². The molecule has 0 bridgehead atoms. The average molecular weight is 613 g/mol. The molecule has 3 aliphatic heterocycles. The largest absolute Gasteiger partial charge is 0.510 e. The predicted molar refractivity (Wildman–Crippen MR) is 159 cm³/mol. The van der Waals surface area contributed by atoms with Crippen LogP contribution < -0.4 is 4.90 Å². The van der Waals surface area contributed by atoms with E-state index in [1.807, 2.05) is 0 Å². The first kappa shape index (κ1) is 32.8. The van der Waals surface area contributed by atoms with Gasteiger partial charge in [-0.2, -0.15) is 0 Å². The average Bonchev–Trinajstić information content (AvgIpc) is 3.26. The fourth-order valence-corrected chi connectivity index (χ4v) is 5.69. The number of hydrogen-bond donors (Lipinski definition) is 0. The topological polar surface area (TPSA) is 112 Å². The maximum Gasteiger partial charge on any atom is 0.510 e. The number of Topliss-reactive ketones (excluding diaryl/α,β-unsaturated/α-hetero) is 1. The molecular formula is C33H41FN2O8. The van der Waals surface area contributed by atoms with E-state index in [2.05, 4.69) is 11.8 Å². The molecule has 0 spiro atoms. The highest BCUT2D eigenvalue weighted by Gasteiger charge is 2.54. The molecule has 44 heavy (non-hydrogen) atoms. The van der Waals surface area contributed by atoms with Crippen LogP contribution in [0.3, 0.4) is 0 Å². The molecule has 0 saturated carbocycles. The summed E-state index contributed by atoms with van der Waals surface area (Å²) >= 11 is 0. The van der Waals surface area contributed by atoms with Crippen molar-refractivity contribution in [3.05, 3.63) is 40.3 Å². The highest BCUT2D eigenvalue weighted by molar-refractivity contribution is 6.06. The second kappa shape index (κ2) is 10.5. The summed E-state index contributed by atoms with van der Waals surface area (Å²) in [5, 5.41) is 0. The third-order valence-corrected chi connectivity index (χ3v) is 8.17. The number of nitrogens with zero attached hydrogens (tertiary/aromatic N) is 2. The second-order valence-corrected chi connectivity index (χ2v) is 14.2. The van der Waals surface area contributed by atoms with E-state index in [1.54, 1.807) is 89.3 Å². The molecule has 238 valence electrons. The van der Waals surface area contributed by atoms with E-state index in [1.165, 1.54) is 11.0 Å². The molecule has 1 aromatic carbocycles. The molecule has 2 amide bonds. The molecule has 3 heterocycles. The molecule has 4 atom stereocenters. The van der Waals surface area contributed by atoms with E-state index < -0.39 is 70.3 Å². The molecule has 0 saturated heterocycles. The number of benzene rings is 1. The maximum absolute atomic E-state index is 15.9. The lowest BCUT2D eigenvalue weighted by Gasteiger charge is -2.38. The molecule has 0 fully saturated rings. The summed E-state index contributed by atoms with van der Waals surface area (Å²) in [4.78, 5) is 55.2. The Kier molecular flexibility index (Phi) is 7.86. The van der Waals surface area contributed by atoms with Gasteiger partial charge in [0.15, 0.2) is 6.23 Å². The molecule has 0 radical (unpaired) electrons. The van der Waals surface area contributed by atoms with Gasteiger partial charge in [0.1, 0.15) is 28.2 Å². The number of carbonyl (C=O) groups is 4. The van der Waals surface area contributed by atoms with Crippen LogP contribution in [0, 0.1) is 23.6 Å². The standard InChI is InChI=1S/C33H41FN2O8/c1-17-16-35(27(38)42-30(4,5)6)33(12,19(17)3)23(37)14-13-20-22(34)15-21-25-24(20)18(2)26(41-29(40)44-31(7,8)9)36(25)28(39)43-32(21,10)11/h15-16,18-19,26H,1-12H3. The van der Waals surface area contributed by atoms with Gasteiger partial charge in [0, 0.05) is 29.2 Å². The highest BCUT2D eigenvalue weighted by Crippen LogP contribution is 2.52. The van der Waals surface area contributed by atoms with E-state index in [4.69, 9.17) is 18.9 Å². The van der Waals surface area contributed by atoms with Gasteiger partial charge in [-0.3, -0.25) is 9.69 Å². The van der Waals surface area contributed by atoms with Crippen LogP contribution in [0.25, 0.3) is 0 Å². The van der Waals surface area contributed by atoms with Crippen molar-refractivity contribution < 1.29 is 42.5 Å². The van der Waals surface area contributed by atoms with Crippen molar-refractivity contribution in [3.8, 4) is 11.8 Å². The van der Waals surface area contributed by atoms with Crippen LogP contribution in [0.15, 0.2) is 17.8 Å². The fraction of sp³-hybridized carbons (Fsp3) is 0.576. The van der Waals surface area contributed by atoms with Crippen LogP contribution in [0.4, 0.5) is 24.5 Å². The number of cyclic esters (lactones) is 1. The summed E-state index contributed by atoms with van der Waals surface area (Å²) in [6.07, 6.45) is -2.15. The van der Waals surface area contributed by atoms with Crippen LogP contribution in [-0.4, -0.2) is 52.0 Å². The Morgan fingerprint density at radius 3 is 2.18 bits per heavy atom. The monoisotopic (exact) mass is 612 g/mol. The predicted octanol–water partition coefficient (Wildman–Crippen LogP) is 6.88. The molecule has 1 aromatic rings. The number of carbonyl (C=O) groups excluding carboxylic acids is 4. The first-order valence-corrected chi connectivity index (χ1v) is 14.6. The van der Waals surface area contributed by atoms with Crippen molar-refractivity contribution in [2.24, 2.45) is 5.92 Å². The van der Waals surface area contributed by atoms with E-state index in [0.717, 1.165) is 10.5 Å². The van der Waals surface area contributed by atoms with Gasteiger partial charge in [-0.25, -0.2) is 23.7 Å². The minimum atomic E-state index is -1.42. The summed E-state index contributed by atoms with van der Waals surface area (Å²) < 4.78 is 38.0.